The van der Waals surface area contributed by atoms with Gasteiger partial charge in [0.15, 0.2) is 0 Å². The third-order valence-corrected chi connectivity index (χ3v) is 17.6. The molecule has 0 saturated carbocycles. The lowest BCUT2D eigenvalue weighted by Crippen LogP contribution is -2.46. The zero-order chi connectivity index (χ0) is 63.4. The third kappa shape index (κ3) is 70.7. The molecule has 0 spiro atoms. The Kier molecular flexibility index (Phi) is 65.8. The number of likely N-dealkylation sites (N-methyl/N-ethyl adjacent to an activating group) is 1. The van der Waals surface area contributed by atoms with Crippen molar-refractivity contribution < 1.29 is 32.9 Å². The van der Waals surface area contributed by atoms with E-state index in [4.69, 9.17) is 9.05 Å². The average molecular weight is 1240 g/mol. The van der Waals surface area contributed by atoms with Gasteiger partial charge in [0.25, 0.3) is 0 Å². The summed E-state index contributed by atoms with van der Waals surface area (Å²) in [6.07, 6.45) is 98.0. The van der Waals surface area contributed by atoms with Crippen LogP contribution in [0.3, 0.4) is 0 Å². The van der Waals surface area contributed by atoms with Crippen molar-refractivity contribution in [1.82, 2.24) is 5.32 Å². The van der Waals surface area contributed by atoms with E-state index in [1.165, 1.54) is 218 Å². The fourth-order valence-corrected chi connectivity index (χ4v) is 11.6. The molecule has 0 saturated heterocycles. The number of phosphoric ester groups is 1. The molecule has 0 rings (SSSR count). The van der Waals surface area contributed by atoms with E-state index < -0.39 is 20.0 Å². The molecule has 0 aliphatic carbocycles. The number of allylic oxidation sites excluding steroid dienone is 16. The molecular formula is C78H144N2O6P+. The van der Waals surface area contributed by atoms with Gasteiger partial charge in [-0.15, -0.1) is 0 Å². The van der Waals surface area contributed by atoms with Crippen LogP contribution in [-0.2, 0) is 18.4 Å². The zero-order valence-electron chi connectivity index (χ0n) is 58.0. The van der Waals surface area contributed by atoms with E-state index in [1.54, 1.807) is 0 Å². The van der Waals surface area contributed by atoms with E-state index in [1.807, 2.05) is 21.1 Å². The number of nitrogens with one attached hydrogen (secondary N) is 1. The second kappa shape index (κ2) is 67.8. The quantitative estimate of drug-likeness (QED) is 0.0243. The number of aliphatic hydroxyl groups excluding tert-OH is 1. The van der Waals surface area contributed by atoms with Crippen LogP contribution < -0.4 is 5.32 Å². The van der Waals surface area contributed by atoms with Crippen LogP contribution in [0.2, 0.25) is 0 Å². The van der Waals surface area contributed by atoms with E-state index in [0.29, 0.717) is 23.9 Å². The standard InChI is InChI=1S/C78H143N2O6P/c1-6-8-10-12-14-16-18-20-22-24-26-28-30-32-34-36-38-39-40-41-42-44-46-48-50-52-54-56-58-60-62-64-66-68-70-72-78(82)79-76(75-86-87(83,84)85-74-73-80(3,4)5)77(81)71-69-67-65-63-61-59-57-55-53-51-49-47-45-43-37-35-33-31-29-27-25-23-21-19-17-15-13-11-9-7-2/h8,10,14,16,20,22,26,28,32,34,38-39,41-42,46,48,76-77,81H,6-7,9,11-13,15,17-19,21,23-25,27,29-31,33,35-37,40,43-45,47,49-75H2,1-5H3,(H-,79,82,83,84)/p+1/b10-8-,16-14-,22-20-,28-26-,34-32-,39-38-,42-41-,48-46-. The first kappa shape index (κ1) is 84.4. The molecular weight excluding hydrogens is 1090 g/mol. The summed E-state index contributed by atoms with van der Waals surface area (Å²) in [5, 5.41) is 14.2. The number of aliphatic hydroxyl groups is 1. The number of unbranched alkanes of at least 4 members (excludes halogenated alkanes) is 39. The second-order valence-electron chi connectivity index (χ2n) is 26.3. The molecule has 1 amide bonds. The van der Waals surface area contributed by atoms with Gasteiger partial charge in [0, 0.05) is 6.42 Å². The molecule has 0 aromatic heterocycles. The summed E-state index contributed by atoms with van der Waals surface area (Å²) in [4.78, 5) is 23.5. The summed E-state index contributed by atoms with van der Waals surface area (Å²) >= 11 is 0. The number of amides is 1. The Morgan fingerprint density at radius 2 is 0.690 bits per heavy atom. The number of phosphoric acid groups is 1. The highest BCUT2D eigenvalue weighted by molar-refractivity contribution is 7.47. The summed E-state index contributed by atoms with van der Waals surface area (Å²) in [5.41, 5.74) is 0. The van der Waals surface area contributed by atoms with Crippen molar-refractivity contribution in [2.45, 2.75) is 353 Å². The number of carbonyl (C=O) groups excluding carboxylic acids is 1. The van der Waals surface area contributed by atoms with Crippen LogP contribution in [0.4, 0.5) is 0 Å². The van der Waals surface area contributed by atoms with E-state index >= 15 is 0 Å². The highest BCUT2D eigenvalue weighted by Crippen LogP contribution is 2.43. The maximum absolute atomic E-state index is 13.1. The van der Waals surface area contributed by atoms with Gasteiger partial charge >= 0.3 is 7.82 Å². The van der Waals surface area contributed by atoms with Crippen LogP contribution in [-0.4, -0.2) is 73.4 Å². The molecule has 0 heterocycles. The number of nitrogens with zero attached hydrogens (tertiary/aromatic N) is 1. The first-order valence-corrected chi connectivity index (χ1v) is 38.6. The molecule has 8 nitrogen and oxygen atoms in total. The molecule has 0 radical (unpaired) electrons. The molecule has 3 N–H and O–H groups in total. The molecule has 0 fully saturated rings. The van der Waals surface area contributed by atoms with Gasteiger partial charge in [-0.05, 0) is 77.0 Å². The maximum Gasteiger partial charge on any atom is 0.472 e. The number of quaternary nitrogens is 1. The van der Waals surface area contributed by atoms with Gasteiger partial charge < -0.3 is 19.8 Å². The van der Waals surface area contributed by atoms with Crippen molar-refractivity contribution in [1.29, 1.82) is 0 Å². The Balaban J connectivity index is 4.05. The van der Waals surface area contributed by atoms with Gasteiger partial charge in [-0.2, -0.15) is 0 Å². The summed E-state index contributed by atoms with van der Waals surface area (Å²) in [6, 6.07) is -0.771. The topological polar surface area (TPSA) is 105 Å². The van der Waals surface area contributed by atoms with Crippen LogP contribution in [0.1, 0.15) is 341 Å². The monoisotopic (exact) mass is 1240 g/mol. The average Bonchev–Trinajstić information content (AvgIpc) is 3.70. The van der Waals surface area contributed by atoms with Crippen LogP contribution in [0.15, 0.2) is 97.2 Å². The first-order chi connectivity index (χ1) is 42.5. The minimum Gasteiger partial charge on any atom is -0.391 e. The van der Waals surface area contributed by atoms with E-state index in [9.17, 15) is 19.4 Å². The molecule has 0 aromatic carbocycles. The zero-order valence-corrected chi connectivity index (χ0v) is 58.9. The van der Waals surface area contributed by atoms with E-state index in [2.05, 4.69) is 116 Å². The first-order valence-electron chi connectivity index (χ1n) is 37.1. The lowest BCUT2D eigenvalue weighted by Gasteiger charge is -2.26. The molecule has 0 aliphatic heterocycles. The number of carbonyl (C=O) groups is 1. The van der Waals surface area contributed by atoms with Gasteiger partial charge in [-0.1, -0.05) is 355 Å². The highest BCUT2D eigenvalue weighted by Gasteiger charge is 2.28. The van der Waals surface area contributed by atoms with Crippen molar-refractivity contribution in [3.05, 3.63) is 97.2 Å². The Bertz CT molecular complexity index is 1740. The van der Waals surface area contributed by atoms with Crippen LogP contribution in [0.5, 0.6) is 0 Å². The Labute approximate surface area is 540 Å². The SMILES string of the molecule is CC/C=C\C/C=C\C/C=C\C/C=C\C/C=C\C/C=C\C/C=C\C/C=C\CCCCCCCCCCCCC(=O)NC(COP(=O)(O)OCC[N+](C)(C)C)C(O)CCCCCCCCCCCCCCCCCCCCCCCCCCCCCCCC. The van der Waals surface area contributed by atoms with Crippen molar-refractivity contribution in [3.8, 4) is 0 Å². The second-order valence-corrected chi connectivity index (χ2v) is 27.8. The summed E-state index contributed by atoms with van der Waals surface area (Å²) in [5.74, 6) is -0.148. The Morgan fingerprint density at radius 3 is 1.01 bits per heavy atom. The highest BCUT2D eigenvalue weighted by atomic mass is 31.2. The minimum atomic E-state index is -4.34. The van der Waals surface area contributed by atoms with E-state index in [0.717, 1.165) is 96.3 Å². The molecule has 87 heavy (non-hydrogen) atoms. The predicted octanol–water partition coefficient (Wildman–Crippen LogP) is 24.1. The summed E-state index contributed by atoms with van der Waals surface area (Å²) < 4.78 is 23.9. The van der Waals surface area contributed by atoms with Crippen molar-refractivity contribution in [2.75, 3.05) is 40.9 Å². The predicted molar refractivity (Wildman–Crippen MR) is 383 cm³/mol. The van der Waals surface area contributed by atoms with Crippen molar-refractivity contribution in [2.24, 2.45) is 0 Å². The fourth-order valence-electron chi connectivity index (χ4n) is 10.9. The molecule has 9 heteroatoms. The normalized spacial score (nSPS) is 14.1. The summed E-state index contributed by atoms with van der Waals surface area (Å²) in [6.45, 7) is 4.81. The smallest absolute Gasteiger partial charge is 0.391 e. The maximum atomic E-state index is 13.1. The molecule has 0 aromatic rings. The minimum absolute atomic E-state index is 0.0706. The number of hydrogen-bond donors (Lipinski definition) is 3. The van der Waals surface area contributed by atoms with Gasteiger partial charge in [-0.25, -0.2) is 4.57 Å². The van der Waals surface area contributed by atoms with Gasteiger partial charge in [0.1, 0.15) is 13.2 Å². The lowest BCUT2D eigenvalue weighted by molar-refractivity contribution is -0.870. The van der Waals surface area contributed by atoms with Crippen LogP contribution >= 0.6 is 7.82 Å². The van der Waals surface area contributed by atoms with Gasteiger partial charge in [0.2, 0.25) is 5.91 Å². The van der Waals surface area contributed by atoms with Gasteiger partial charge in [0.05, 0.1) is 39.9 Å². The van der Waals surface area contributed by atoms with Crippen LogP contribution in [0, 0.1) is 0 Å². The lowest BCUT2D eigenvalue weighted by atomic mass is 10.0. The Hall–Kier alpha value is -2.58. The van der Waals surface area contributed by atoms with Gasteiger partial charge in [-0.3, -0.25) is 13.8 Å². The number of hydrogen-bond acceptors (Lipinski definition) is 5. The molecule has 3 atom stereocenters. The molecule has 506 valence electrons. The molecule has 0 aliphatic rings. The molecule has 0 bridgehead atoms. The third-order valence-electron chi connectivity index (χ3n) is 16.6. The largest absolute Gasteiger partial charge is 0.472 e. The van der Waals surface area contributed by atoms with E-state index in [-0.39, 0.29) is 19.1 Å². The van der Waals surface area contributed by atoms with Crippen LogP contribution in [0.25, 0.3) is 0 Å². The van der Waals surface area contributed by atoms with Crippen molar-refractivity contribution in [3.63, 3.8) is 0 Å². The number of rotatable bonds is 68. The Morgan fingerprint density at radius 1 is 0.402 bits per heavy atom. The van der Waals surface area contributed by atoms with Crippen molar-refractivity contribution >= 4 is 13.7 Å². The summed E-state index contributed by atoms with van der Waals surface area (Å²) in [7, 11) is 1.61. The fraction of sp³-hybridized carbons (Fsp3) is 0.782. The molecule has 3 unspecified atom stereocenters.